The zero-order valence-electron chi connectivity index (χ0n) is 25.1. The fourth-order valence-electron chi connectivity index (χ4n) is 4.89. The van der Waals surface area contributed by atoms with Crippen molar-refractivity contribution in [3.8, 4) is 5.75 Å². The minimum Gasteiger partial charge on any atom is -0.497 e. The van der Waals surface area contributed by atoms with Gasteiger partial charge in [-0.1, -0.05) is 91.9 Å². The van der Waals surface area contributed by atoms with Crippen LogP contribution in [-0.4, -0.2) is 44.8 Å². The summed E-state index contributed by atoms with van der Waals surface area (Å²) in [4.78, 5) is 29.6. The molecular formula is C35H39N3O5S. The first-order valence-electron chi connectivity index (χ1n) is 14.7. The van der Waals surface area contributed by atoms with Gasteiger partial charge < -0.3 is 15.0 Å². The van der Waals surface area contributed by atoms with Crippen molar-refractivity contribution in [3.63, 3.8) is 0 Å². The summed E-state index contributed by atoms with van der Waals surface area (Å²) in [5, 5.41) is 3.05. The number of methoxy groups -OCH3 is 1. The monoisotopic (exact) mass is 613 g/mol. The fraction of sp³-hybridized carbons (Fsp3) is 0.257. The highest BCUT2D eigenvalue weighted by atomic mass is 32.2. The number of nitrogens with zero attached hydrogens (tertiary/aromatic N) is 1. The van der Waals surface area contributed by atoms with Crippen LogP contribution in [0.4, 0.5) is 0 Å². The smallest absolute Gasteiger partial charge is 0.243 e. The van der Waals surface area contributed by atoms with Gasteiger partial charge in [-0.25, -0.2) is 13.1 Å². The van der Waals surface area contributed by atoms with E-state index in [4.69, 9.17) is 4.74 Å². The van der Waals surface area contributed by atoms with Gasteiger partial charge in [0.05, 0.1) is 12.0 Å². The van der Waals surface area contributed by atoms with E-state index < -0.39 is 16.1 Å². The van der Waals surface area contributed by atoms with Gasteiger partial charge in [0.2, 0.25) is 21.8 Å². The minimum absolute atomic E-state index is 0.156. The van der Waals surface area contributed by atoms with Gasteiger partial charge in [0.25, 0.3) is 0 Å². The maximum Gasteiger partial charge on any atom is 0.243 e. The molecule has 4 rings (SSSR count). The Hall–Kier alpha value is -4.47. The summed E-state index contributed by atoms with van der Waals surface area (Å²) in [6.07, 6.45) is 0.908. The molecule has 2 amide bonds. The predicted octanol–water partition coefficient (Wildman–Crippen LogP) is 4.88. The summed E-state index contributed by atoms with van der Waals surface area (Å²) < 4.78 is 32.4. The van der Waals surface area contributed by atoms with Crippen LogP contribution in [0.5, 0.6) is 5.75 Å². The lowest BCUT2D eigenvalue weighted by molar-refractivity contribution is -0.141. The van der Waals surface area contributed by atoms with Crippen LogP contribution in [0.3, 0.4) is 0 Å². The molecule has 9 heteroatoms. The third kappa shape index (κ3) is 9.26. The largest absolute Gasteiger partial charge is 0.497 e. The predicted molar refractivity (Wildman–Crippen MR) is 171 cm³/mol. The van der Waals surface area contributed by atoms with Crippen LogP contribution in [0.25, 0.3) is 0 Å². The van der Waals surface area contributed by atoms with Crippen molar-refractivity contribution in [2.75, 3.05) is 13.7 Å². The first-order valence-corrected chi connectivity index (χ1v) is 16.1. The lowest BCUT2D eigenvalue weighted by atomic mass is 10.0. The zero-order valence-corrected chi connectivity index (χ0v) is 25.9. The van der Waals surface area contributed by atoms with E-state index in [0.717, 1.165) is 28.0 Å². The second-order valence-electron chi connectivity index (χ2n) is 10.4. The van der Waals surface area contributed by atoms with E-state index in [9.17, 15) is 18.0 Å². The molecule has 0 fully saturated rings. The number of nitrogens with one attached hydrogen (secondary N) is 2. The Morgan fingerprint density at radius 3 is 1.95 bits per heavy atom. The molecule has 0 heterocycles. The van der Waals surface area contributed by atoms with Gasteiger partial charge in [0, 0.05) is 32.5 Å². The van der Waals surface area contributed by atoms with Crippen molar-refractivity contribution in [1.82, 2.24) is 14.9 Å². The summed E-state index contributed by atoms with van der Waals surface area (Å²) in [5.74, 6) is 0.321. The van der Waals surface area contributed by atoms with Crippen LogP contribution in [0.15, 0.2) is 114 Å². The summed E-state index contributed by atoms with van der Waals surface area (Å²) in [5.41, 5.74) is 3.61. The first-order chi connectivity index (χ1) is 21.3. The Kier molecular flexibility index (Phi) is 11.7. The van der Waals surface area contributed by atoms with E-state index in [1.54, 1.807) is 43.2 Å². The van der Waals surface area contributed by atoms with Crippen LogP contribution in [0, 0.1) is 0 Å². The number of ether oxygens (including phenoxy) is 1. The Labute approximate surface area is 260 Å². The van der Waals surface area contributed by atoms with E-state index in [1.807, 2.05) is 84.9 Å². The summed E-state index contributed by atoms with van der Waals surface area (Å²) in [6, 6.07) is 32.6. The molecule has 0 aliphatic carbocycles. The Balaban J connectivity index is 1.56. The standard InChI is InChI=1S/C35H39N3O5S/c1-3-37-44(41,42)32-21-16-27(17-22-32)18-23-34(39)38(26-30-12-8-5-9-13-30)33(24-28-10-6-4-7-11-28)35(40)36-25-29-14-19-31(43-2)20-15-29/h4-17,19-22,33,37H,3,18,23-26H2,1-2H3,(H,36,40). The second kappa shape index (κ2) is 15.8. The van der Waals surface area contributed by atoms with Crippen molar-refractivity contribution in [2.45, 2.75) is 50.2 Å². The fourth-order valence-corrected chi connectivity index (χ4v) is 5.93. The molecule has 0 aliphatic rings. The van der Waals surface area contributed by atoms with Crippen molar-refractivity contribution in [3.05, 3.63) is 131 Å². The SMILES string of the molecule is CCNS(=O)(=O)c1ccc(CCC(=O)N(Cc2ccccc2)C(Cc2ccccc2)C(=O)NCc2ccc(OC)cc2)cc1. The van der Waals surface area contributed by atoms with Crippen LogP contribution < -0.4 is 14.8 Å². The van der Waals surface area contributed by atoms with Crippen molar-refractivity contribution >= 4 is 21.8 Å². The zero-order chi connectivity index (χ0) is 31.4. The maximum absolute atomic E-state index is 13.9. The van der Waals surface area contributed by atoms with E-state index >= 15 is 0 Å². The number of rotatable bonds is 15. The van der Waals surface area contributed by atoms with Crippen molar-refractivity contribution in [2.24, 2.45) is 0 Å². The van der Waals surface area contributed by atoms with Gasteiger partial charge in [0.15, 0.2) is 0 Å². The molecule has 0 saturated heterocycles. The summed E-state index contributed by atoms with van der Waals surface area (Å²) >= 11 is 0. The van der Waals surface area contributed by atoms with Crippen molar-refractivity contribution < 1.29 is 22.7 Å². The quantitative estimate of drug-likeness (QED) is 0.199. The minimum atomic E-state index is -3.56. The Morgan fingerprint density at radius 2 is 1.36 bits per heavy atom. The number of sulfonamides is 1. The third-order valence-electron chi connectivity index (χ3n) is 7.29. The van der Waals surface area contributed by atoms with Gasteiger partial charge in [0.1, 0.15) is 11.8 Å². The molecule has 0 saturated carbocycles. The lowest BCUT2D eigenvalue weighted by Crippen LogP contribution is -2.50. The molecule has 44 heavy (non-hydrogen) atoms. The molecule has 1 unspecified atom stereocenters. The number of benzene rings is 4. The lowest BCUT2D eigenvalue weighted by Gasteiger charge is -2.31. The molecule has 1 atom stereocenters. The molecule has 4 aromatic rings. The van der Waals surface area contributed by atoms with Gasteiger partial charge in [-0.15, -0.1) is 0 Å². The topological polar surface area (TPSA) is 105 Å². The van der Waals surface area contributed by atoms with Gasteiger partial charge in [-0.05, 0) is 52.9 Å². The number of hydrogen-bond acceptors (Lipinski definition) is 5. The maximum atomic E-state index is 13.9. The number of hydrogen-bond donors (Lipinski definition) is 2. The van der Waals surface area contributed by atoms with Crippen molar-refractivity contribution in [1.29, 1.82) is 0 Å². The van der Waals surface area contributed by atoms with Gasteiger partial charge >= 0.3 is 0 Å². The molecule has 0 aromatic heterocycles. The molecule has 4 aromatic carbocycles. The second-order valence-corrected chi connectivity index (χ2v) is 12.2. The average Bonchev–Trinajstić information content (AvgIpc) is 3.05. The molecule has 0 spiro atoms. The number of aryl methyl sites for hydroxylation is 1. The van der Waals surface area contributed by atoms with E-state index in [2.05, 4.69) is 10.0 Å². The Bertz CT molecular complexity index is 1590. The highest BCUT2D eigenvalue weighted by molar-refractivity contribution is 7.89. The highest BCUT2D eigenvalue weighted by Gasteiger charge is 2.30. The van der Waals surface area contributed by atoms with Crippen LogP contribution in [-0.2, 0) is 45.5 Å². The van der Waals surface area contributed by atoms with E-state index in [0.29, 0.717) is 25.9 Å². The van der Waals surface area contributed by atoms with Gasteiger partial charge in [-0.3, -0.25) is 9.59 Å². The molecule has 8 nitrogen and oxygen atoms in total. The highest BCUT2D eigenvalue weighted by Crippen LogP contribution is 2.19. The van der Waals surface area contributed by atoms with Crippen LogP contribution in [0.1, 0.15) is 35.6 Å². The van der Waals surface area contributed by atoms with Crippen LogP contribution in [0.2, 0.25) is 0 Å². The summed E-state index contributed by atoms with van der Waals surface area (Å²) in [6.45, 7) is 2.60. The van der Waals surface area contributed by atoms with E-state index in [1.165, 1.54) is 0 Å². The molecule has 0 bridgehead atoms. The molecule has 230 valence electrons. The van der Waals surface area contributed by atoms with Crippen LogP contribution >= 0.6 is 0 Å². The number of carbonyl (C=O) groups excluding carboxylic acids is 2. The first kappa shape index (κ1) is 32.4. The molecule has 2 N–H and O–H groups in total. The van der Waals surface area contributed by atoms with Gasteiger partial charge in [-0.2, -0.15) is 0 Å². The number of amides is 2. The summed E-state index contributed by atoms with van der Waals surface area (Å²) in [7, 11) is -1.96. The average molecular weight is 614 g/mol. The van der Waals surface area contributed by atoms with E-state index in [-0.39, 0.29) is 29.7 Å². The Morgan fingerprint density at radius 1 is 0.773 bits per heavy atom. The molecular weight excluding hydrogens is 574 g/mol. The normalized spacial score (nSPS) is 11.9. The molecule has 0 aliphatic heterocycles. The third-order valence-corrected chi connectivity index (χ3v) is 8.85. The number of carbonyl (C=O) groups is 2. The molecule has 0 radical (unpaired) electrons.